The number of halogens is 1. The van der Waals surface area contributed by atoms with Gasteiger partial charge in [-0.25, -0.2) is 0 Å². The lowest BCUT2D eigenvalue weighted by molar-refractivity contribution is -0.127. The molecular weight excluding hydrogens is 234 g/mol. The number of carbonyl (C=O) groups excluding carboxylic acids is 1. The van der Waals surface area contributed by atoms with Gasteiger partial charge in [0.15, 0.2) is 0 Å². The summed E-state index contributed by atoms with van der Waals surface area (Å²) in [7, 11) is 0. The Bertz CT molecular complexity index is 251. The highest BCUT2D eigenvalue weighted by Crippen LogP contribution is 2.39. The van der Waals surface area contributed by atoms with Crippen LogP contribution < -0.4 is 5.32 Å². The molecule has 0 bridgehead atoms. The van der Waals surface area contributed by atoms with Crippen LogP contribution in [0.4, 0.5) is 0 Å². The lowest BCUT2D eigenvalue weighted by Crippen LogP contribution is -2.40. The standard InChI is InChI=1S/C14H26ClNO/c1-10(9-15)16-13(17)11-5-7-12(8-6-11)14(2,3)4/h10-12H,5-9H2,1-4H3,(H,16,17). The Labute approximate surface area is 110 Å². The van der Waals surface area contributed by atoms with Crippen molar-refractivity contribution in [1.29, 1.82) is 0 Å². The topological polar surface area (TPSA) is 29.1 Å². The zero-order chi connectivity index (χ0) is 13.1. The summed E-state index contributed by atoms with van der Waals surface area (Å²) >= 11 is 5.70. The molecule has 0 aromatic carbocycles. The van der Waals surface area contributed by atoms with Gasteiger partial charge in [-0.05, 0) is 43.9 Å². The molecular formula is C14H26ClNO. The summed E-state index contributed by atoms with van der Waals surface area (Å²) in [5, 5.41) is 2.98. The molecule has 0 radical (unpaired) electrons. The van der Waals surface area contributed by atoms with Crippen LogP contribution in [-0.4, -0.2) is 17.8 Å². The van der Waals surface area contributed by atoms with Crippen molar-refractivity contribution in [3.8, 4) is 0 Å². The van der Waals surface area contributed by atoms with Crippen LogP contribution in [0.1, 0.15) is 53.4 Å². The van der Waals surface area contributed by atoms with E-state index < -0.39 is 0 Å². The molecule has 1 amide bonds. The number of carbonyl (C=O) groups is 1. The Hall–Kier alpha value is -0.240. The molecule has 0 aromatic rings. The monoisotopic (exact) mass is 259 g/mol. The predicted octanol–water partition coefficient (Wildman–Crippen LogP) is 3.58. The van der Waals surface area contributed by atoms with Crippen molar-refractivity contribution >= 4 is 17.5 Å². The molecule has 1 unspecified atom stereocenters. The van der Waals surface area contributed by atoms with Gasteiger partial charge in [0.25, 0.3) is 0 Å². The first-order chi connectivity index (χ1) is 7.84. The quantitative estimate of drug-likeness (QED) is 0.772. The number of amides is 1. The van der Waals surface area contributed by atoms with E-state index in [2.05, 4.69) is 26.1 Å². The van der Waals surface area contributed by atoms with Gasteiger partial charge in [0.05, 0.1) is 0 Å². The van der Waals surface area contributed by atoms with E-state index >= 15 is 0 Å². The second-order valence-electron chi connectivity index (χ2n) is 6.48. The van der Waals surface area contributed by atoms with E-state index in [1.807, 2.05) is 6.92 Å². The summed E-state index contributed by atoms with van der Waals surface area (Å²) in [6.45, 7) is 8.85. The van der Waals surface area contributed by atoms with Gasteiger partial charge in [-0.15, -0.1) is 11.6 Å². The van der Waals surface area contributed by atoms with Crippen LogP contribution in [0.3, 0.4) is 0 Å². The van der Waals surface area contributed by atoms with Crippen LogP contribution in [0.25, 0.3) is 0 Å². The number of hydrogen-bond acceptors (Lipinski definition) is 1. The first kappa shape index (κ1) is 14.8. The Morgan fingerprint density at radius 2 is 1.82 bits per heavy atom. The van der Waals surface area contributed by atoms with Gasteiger partial charge in [-0.3, -0.25) is 4.79 Å². The molecule has 1 N–H and O–H groups in total. The molecule has 17 heavy (non-hydrogen) atoms. The number of hydrogen-bond donors (Lipinski definition) is 1. The third kappa shape index (κ3) is 4.50. The maximum absolute atomic E-state index is 12.0. The molecule has 0 spiro atoms. The summed E-state index contributed by atoms with van der Waals surface area (Å²) in [6.07, 6.45) is 4.42. The number of rotatable bonds is 3. The number of alkyl halides is 1. The Kier molecular flexibility index (Phi) is 5.30. The van der Waals surface area contributed by atoms with E-state index in [4.69, 9.17) is 11.6 Å². The van der Waals surface area contributed by atoms with Gasteiger partial charge in [-0.1, -0.05) is 20.8 Å². The summed E-state index contributed by atoms with van der Waals surface area (Å²) < 4.78 is 0. The predicted molar refractivity (Wildman–Crippen MR) is 73.2 cm³/mol. The normalized spacial score (nSPS) is 27.6. The maximum Gasteiger partial charge on any atom is 0.223 e. The van der Waals surface area contributed by atoms with Gasteiger partial charge >= 0.3 is 0 Å². The summed E-state index contributed by atoms with van der Waals surface area (Å²) in [6, 6.07) is 0.0875. The molecule has 0 heterocycles. The first-order valence-corrected chi connectivity index (χ1v) is 7.24. The van der Waals surface area contributed by atoms with E-state index in [9.17, 15) is 4.79 Å². The van der Waals surface area contributed by atoms with Crippen molar-refractivity contribution in [3.05, 3.63) is 0 Å². The van der Waals surface area contributed by atoms with E-state index in [0.717, 1.165) is 18.8 Å². The molecule has 1 saturated carbocycles. The summed E-state index contributed by atoms with van der Waals surface area (Å²) in [5.74, 6) is 1.66. The SMILES string of the molecule is CC(CCl)NC(=O)C1CCC(C(C)(C)C)CC1. The molecule has 1 aliphatic rings. The molecule has 2 nitrogen and oxygen atoms in total. The molecule has 0 saturated heterocycles. The average Bonchev–Trinajstić information content (AvgIpc) is 2.27. The molecule has 100 valence electrons. The largest absolute Gasteiger partial charge is 0.352 e. The number of nitrogens with one attached hydrogen (secondary N) is 1. The maximum atomic E-state index is 12.0. The van der Waals surface area contributed by atoms with Gasteiger partial charge in [-0.2, -0.15) is 0 Å². The Morgan fingerprint density at radius 3 is 2.24 bits per heavy atom. The molecule has 0 aromatic heterocycles. The minimum atomic E-state index is 0.0875. The van der Waals surface area contributed by atoms with Crippen LogP contribution in [0.2, 0.25) is 0 Å². The van der Waals surface area contributed by atoms with Crippen LogP contribution in [-0.2, 0) is 4.79 Å². The molecule has 3 heteroatoms. The van der Waals surface area contributed by atoms with E-state index in [-0.39, 0.29) is 17.9 Å². The van der Waals surface area contributed by atoms with Crippen LogP contribution in [0, 0.1) is 17.3 Å². The molecule has 0 aliphatic heterocycles. The van der Waals surface area contributed by atoms with Crippen molar-refractivity contribution in [2.24, 2.45) is 17.3 Å². The zero-order valence-corrected chi connectivity index (χ0v) is 12.3. The lowest BCUT2D eigenvalue weighted by Gasteiger charge is -2.36. The Balaban J connectivity index is 2.39. The van der Waals surface area contributed by atoms with Crippen molar-refractivity contribution < 1.29 is 4.79 Å². The van der Waals surface area contributed by atoms with Crippen molar-refractivity contribution in [1.82, 2.24) is 5.32 Å². The second-order valence-corrected chi connectivity index (χ2v) is 6.79. The zero-order valence-electron chi connectivity index (χ0n) is 11.6. The summed E-state index contributed by atoms with van der Waals surface area (Å²) in [4.78, 5) is 12.0. The van der Waals surface area contributed by atoms with Crippen molar-refractivity contribution in [2.75, 3.05) is 5.88 Å². The van der Waals surface area contributed by atoms with E-state index in [1.54, 1.807) is 0 Å². The third-order valence-electron chi connectivity index (χ3n) is 3.94. The van der Waals surface area contributed by atoms with E-state index in [0.29, 0.717) is 11.3 Å². The van der Waals surface area contributed by atoms with Crippen molar-refractivity contribution in [3.63, 3.8) is 0 Å². The highest BCUT2D eigenvalue weighted by atomic mass is 35.5. The fourth-order valence-corrected chi connectivity index (χ4v) is 2.70. The summed E-state index contributed by atoms with van der Waals surface area (Å²) in [5.41, 5.74) is 0.380. The first-order valence-electron chi connectivity index (χ1n) is 6.71. The molecule has 1 aliphatic carbocycles. The van der Waals surface area contributed by atoms with Gasteiger partial charge in [0.2, 0.25) is 5.91 Å². The van der Waals surface area contributed by atoms with Gasteiger partial charge < -0.3 is 5.32 Å². The molecule has 1 fully saturated rings. The highest BCUT2D eigenvalue weighted by molar-refractivity contribution is 6.18. The third-order valence-corrected chi connectivity index (χ3v) is 4.41. The minimum Gasteiger partial charge on any atom is -0.352 e. The smallest absolute Gasteiger partial charge is 0.223 e. The van der Waals surface area contributed by atoms with Crippen LogP contribution in [0.15, 0.2) is 0 Å². The average molecular weight is 260 g/mol. The van der Waals surface area contributed by atoms with Crippen molar-refractivity contribution in [2.45, 2.75) is 59.4 Å². The highest BCUT2D eigenvalue weighted by Gasteiger charge is 2.32. The van der Waals surface area contributed by atoms with Crippen LogP contribution >= 0.6 is 11.6 Å². The Morgan fingerprint density at radius 1 is 1.29 bits per heavy atom. The van der Waals surface area contributed by atoms with Crippen LogP contribution in [0.5, 0.6) is 0 Å². The fraction of sp³-hybridized carbons (Fsp3) is 0.929. The van der Waals surface area contributed by atoms with E-state index in [1.165, 1.54) is 12.8 Å². The fourth-order valence-electron chi connectivity index (χ4n) is 2.62. The molecule has 1 atom stereocenters. The van der Waals surface area contributed by atoms with Gasteiger partial charge in [0, 0.05) is 17.8 Å². The second kappa shape index (κ2) is 6.08. The molecule has 1 rings (SSSR count). The van der Waals surface area contributed by atoms with Gasteiger partial charge in [0.1, 0.15) is 0 Å². The lowest BCUT2D eigenvalue weighted by atomic mass is 9.69. The minimum absolute atomic E-state index is 0.0875.